The highest BCUT2D eigenvalue weighted by molar-refractivity contribution is 7.98. The second kappa shape index (κ2) is 9.42. The molecule has 3 N–H and O–H groups in total. The lowest BCUT2D eigenvalue weighted by atomic mass is 9.84. The highest BCUT2D eigenvalue weighted by Gasteiger charge is 2.48. The van der Waals surface area contributed by atoms with Crippen LogP contribution in [0.4, 0.5) is 0 Å². The van der Waals surface area contributed by atoms with Crippen molar-refractivity contribution >= 4 is 30.1 Å². The monoisotopic (exact) mass is 401 g/mol. The van der Waals surface area contributed by atoms with Crippen LogP contribution >= 0.6 is 24.2 Å². The summed E-state index contributed by atoms with van der Waals surface area (Å²) >= 11 is 1.63. The molecule has 1 aromatic heterocycles. The van der Waals surface area contributed by atoms with E-state index in [-0.39, 0.29) is 30.3 Å². The van der Waals surface area contributed by atoms with Gasteiger partial charge in [-0.25, -0.2) is 0 Å². The van der Waals surface area contributed by atoms with E-state index < -0.39 is 0 Å². The molecule has 2 fully saturated rings. The van der Waals surface area contributed by atoms with Crippen molar-refractivity contribution in [2.75, 3.05) is 12.8 Å². The number of rotatable bonds is 8. The minimum absolute atomic E-state index is 0. The van der Waals surface area contributed by atoms with Crippen LogP contribution in [0.25, 0.3) is 0 Å². The van der Waals surface area contributed by atoms with Crippen molar-refractivity contribution in [1.29, 1.82) is 0 Å². The number of hydrogen-bond acceptors (Lipinski definition) is 5. The minimum Gasteiger partial charge on any atom is -0.356 e. The van der Waals surface area contributed by atoms with E-state index in [0.29, 0.717) is 24.3 Å². The standard InChI is InChI=1S/C18H31N5OS.ClH/c1-11(2)10-23-14(21-22-18(23)25-3)5-4-8-20-17(24)15-12-6-7-13(9-12)16(15)19;/h11-13,15-16H,4-10,19H2,1-3H3,(H,20,24);1H. The summed E-state index contributed by atoms with van der Waals surface area (Å²) in [5.74, 6) is 2.85. The van der Waals surface area contributed by atoms with Crippen LogP contribution in [0.2, 0.25) is 0 Å². The molecule has 1 aromatic rings. The molecule has 2 bridgehead atoms. The van der Waals surface area contributed by atoms with Gasteiger partial charge in [-0.05, 0) is 49.7 Å². The molecule has 0 saturated heterocycles. The Labute approximate surface area is 166 Å². The first kappa shape index (κ1) is 21.5. The SMILES string of the molecule is CSc1nnc(CCCNC(=O)C2C3CCC(C3)C2N)n1CC(C)C.Cl. The van der Waals surface area contributed by atoms with Gasteiger partial charge in [0.25, 0.3) is 0 Å². The molecule has 2 saturated carbocycles. The van der Waals surface area contributed by atoms with Gasteiger partial charge in [0, 0.05) is 25.6 Å². The van der Waals surface area contributed by atoms with Crippen molar-refractivity contribution in [3.63, 3.8) is 0 Å². The molecule has 1 amide bonds. The molecular formula is C18H32ClN5OS. The lowest BCUT2D eigenvalue weighted by molar-refractivity contribution is -0.127. The maximum absolute atomic E-state index is 12.5. The summed E-state index contributed by atoms with van der Waals surface area (Å²) in [6, 6.07) is 0.0667. The molecule has 1 heterocycles. The molecule has 2 aliphatic carbocycles. The first-order chi connectivity index (χ1) is 12.0. The van der Waals surface area contributed by atoms with Gasteiger partial charge in [0.05, 0.1) is 5.92 Å². The number of thioether (sulfide) groups is 1. The van der Waals surface area contributed by atoms with Gasteiger partial charge in [0.1, 0.15) is 5.82 Å². The maximum Gasteiger partial charge on any atom is 0.224 e. The number of halogens is 1. The fourth-order valence-electron chi connectivity index (χ4n) is 4.50. The van der Waals surface area contributed by atoms with Gasteiger partial charge in [-0.2, -0.15) is 0 Å². The van der Waals surface area contributed by atoms with E-state index in [1.165, 1.54) is 12.8 Å². The zero-order chi connectivity index (χ0) is 18.0. The summed E-state index contributed by atoms with van der Waals surface area (Å²) < 4.78 is 2.21. The number of aryl methyl sites for hydroxylation is 1. The lowest BCUT2D eigenvalue weighted by Crippen LogP contribution is -2.45. The number of carbonyl (C=O) groups is 1. The number of carbonyl (C=O) groups excluding carboxylic acids is 1. The van der Waals surface area contributed by atoms with Gasteiger partial charge in [0.2, 0.25) is 5.91 Å². The summed E-state index contributed by atoms with van der Waals surface area (Å²) in [6.45, 7) is 6.02. The predicted octanol–water partition coefficient (Wildman–Crippen LogP) is 2.50. The molecule has 3 rings (SSSR count). The van der Waals surface area contributed by atoms with Gasteiger partial charge in [-0.3, -0.25) is 4.79 Å². The fourth-order valence-corrected chi connectivity index (χ4v) is 5.03. The number of nitrogens with two attached hydrogens (primary N) is 1. The van der Waals surface area contributed by atoms with E-state index >= 15 is 0 Å². The summed E-state index contributed by atoms with van der Waals surface area (Å²) in [6.07, 6.45) is 7.28. The van der Waals surface area contributed by atoms with Crippen LogP contribution in [0.1, 0.15) is 45.4 Å². The molecule has 0 spiro atoms. The Bertz CT molecular complexity index is 606. The first-order valence-corrected chi connectivity index (χ1v) is 10.7. The molecule has 2 aliphatic rings. The highest BCUT2D eigenvalue weighted by atomic mass is 35.5. The Hall–Kier alpha value is -0.790. The number of fused-ring (bicyclic) bond motifs is 2. The molecule has 0 aliphatic heterocycles. The first-order valence-electron chi connectivity index (χ1n) is 9.50. The smallest absolute Gasteiger partial charge is 0.224 e. The van der Waals surface area contributed by atoms with E-state index in [4.69, 9.17) is 5.73 Å². The minimum atomic E-state index is 0. The number of hydrogen-bond donors (Lipinski definition) is 2. The third kappa shape index (κ3) is 4.54. The molecule has 6 nitrogen and oxygen atoms in total. The average Bonchev–Trinajstić information content (AvgIpc) is 3.26. The maximum atomic E-state index is 12.5. The summed E-state index contributed by atoms with van der Waals surface area (Å²) in [5.41, 5.74) is 6.26. The summed E-state index contributed by atoms with van der Waals surface area (Å²) in [7, 11) is 0. The van der Waals surface area contributed by atoms with Crippen molar-refractivity contribution < 1.29 is 4.79 Å². The van der Waals surface area contributed by atoms with Crippen LogP contribution in [-0.2, 0) is 17.8 Å². The normalized spacial score (nSPS) is 27.0. The van der Waals surface area contributed by atoms with Crippen LogP contribution in [0.15, 0.2) is 5.16 Å². The van der Waals surface area contributed by atoms with E-state index in [1.54, 1.807) is 11.8 Å². The number of nitrogens with one attached hydrogen (secondary N) is 1. The van der Waals surface area contributed by atoms with Crippen molar-refractivity contribution in [3.05, 3.63) is 5.82 Å². The van der Waals surface area contributed by atoms with Crippen molar-refractivity contribution in [1.82, 2.24) is 20.1 Å². The second-order valence-corrected chi connectivity index (χ2v) is 8.71. The molecule has 8 heteroatoms. The molecule has 148 valence electrons. The Kier molecular flexibility index (Phi) is 7.79. The van der Waals surface area contributed by atoms with E-state index in [1.807, 2.05) is 6.26 Å². The fraction of sp³-hybridized carbons (Fsp3) is 0.833. The van der Waals surface area contributed by atoms with Crippen LogP contribution in [-0.4, -0.2) is 39.5 Å². The second-order valence-electron chi connectivity index (χ2n) is 7.94. The molecule has 0 aromatic carbocycles. The van der Waals surface area contributed by atoms with Gasteiger partial charge in [-0.1, -0.05) is 25.6 Å². The van der Waals surface area contributed by atoms with Gasteiger partial charge in [0.15, 0.2) is 5.16 Å². The van der Waals surface area contributed by atoms with Crippen molar-refractivity contribution in [2.24, 2.45) is 29.4 Å². The van der Waals surface area contributed by atoms with Crippen LogP contribution in [0, 0.1) is 23.7 Å². The Balaban J connectivity index is 0.00000243. The number of nitrogens with zero attached hydrogens (tertiary/aromatic N) is 3. The third-order valence-electron chi connectivity index (χ3n) is 5.68. The molecule has 4 unspecified atom stereocenters. The largest absolute Gasteiger partial charge is 0.356 e. The van der Waals surface area contributed by atoms with E-state index in [0.717, 1.165) is 36.8 Å². The molecule has 0 radical (unpaired) electrons. The summed E-state index contributed by atoms with van der Waals surface area (Å²) in [4.78, 5) is 12.5. The zero-order valence-electron chi connectivity index (χ0n) is 16.0. The van der Waals surface area contributed by atoms with E-state index in [2.05, 4.69) is 33.9 Å². The molecule has 4 atom stereocenters. The van der Waals surface area contributed by atoms with Gasteiger partial charge >= 0.3 is 0 Å². The van der Waals surface area contributed by atoms with Crippen molar-refractivity contribution in [2.45, 2.75) is 63.7 Å². The summed E-state index contributed by atoms with van der Waals surface area (Å²) in [5, 5.41) is 12.7. The average molecular weight is 402 g/mol. The Morgan fingerprint density at radius 3 is 2.69 bits per heavy atom. The van der Waals surface area contributed by atoms with Gasteiger partial charge < -0.3 is 15.6 Å². The topological polar surface area (TPSA) is 85.8 Å². The zero-order valence-corrected chi connectivity index (χ0v) is 17.6. The van der Waals surface area contributed by atoms with Crippen LogP contribution in [0.5, 0.6) is 0 Å². The van der Waals surface area contributed by atoms with Crippen LogP contribution in [0.3, 0.4) is 0 Å². The Morgan fingerprint density at radius 2 is 2.08 bits per heavy atom. The van der Waals surface area contributed by atoms with Gasteiger partial charge in [-0.15, -0.1) is 22.6 Å². The van der Waals surface area contributed by atoms with Crippen molar-refractivity contribution in [3.8, 4) is 0 Å². The third-order valence-corrected chi connectivity index (χ3v) is 6.35. The molecule has 26 heavy (non-hydrogen) atoms. The highest BCUT2D eigenvalue weighted by Crippen LogP contribution is 2.47. The lowest BCUT2D eigenvalue weighted by Gasteiger charge is -2.27. The number of amides is 1. The van der Waals surface area contributed by atoms with E-state index in [9.17, 15) is 4.79 Å². The molecular weight excluding hydrogens is 370 g/mol. The Morgan fingerprint density at radius 1 is 1.35 bits per heavy atom. The number of aromatic nitrogens is 3. The van der Waals surface area contributed by atoms with Crippen LogP contribution < -0.4 is 11.1 Å². The predicted molar refractivity (Wildman–Crippen MR) is 108 cm³/mol. The quantitative estimate of drug-likeness (QED) is 0.516.